The highest BCUT2D eigenvalue weighted by Crippen LogP contribution is 2.38. The van der Waals surface area contributed by atoms with Gasteiger partial charge in [-0.25, -0.2) is 4.98 Å². The Hall–Kier alpha value is -1.84. The molecule has 0 atom stereocenters. The highest BCUT2D eigenvalue weighted by molar-refractivity contribution is 7.19. The number of nitrogens with two attached hydrogens (primary N) is 1. The molecular formula is C15H11ClN2S. The molecule has 2 N–H and O–H groups in total. The van der Waals surface area contributed by atoms with Crippen molar-refractivity contribution in [2.75, 3.05) is 5.73 Å². The van der Waals surface area contributed by atoms with E-state index in [0.717, 1.165) is 21.7 Å². The monoisotopic (exact) mass is 286 g/mol. The molecule has 19 heavy (non-hydrogen) atoms. The summed E-state index contributed by atoms with van der Waals surface area (Å²) < 4.78 is 0. The van der Waals surface area contributed by atoms with E-state index in [0.29, 0.717) is 10.2 Å². The zero-order valence-electron chi connectivity index (χ0n) is 10.0. The van der Waals surface area contributed by atoms with Gasteiger partial charge in [-0.2, -0.15) is 0 Å². The lowest BCUT2D eigenvalue weighted by atomic mass is 10.1. The first-order valence-corrected chi connectivity index (χ1v) is 7.01. The quantitative estimate of drug-likeness (QED) is 0.741. The van der Waals surface area contributed by atoms with E-state index in [9.17, 15) is 0 Å². The number of aromatic nitrogens is 1. The zero-order valence-corrected chi connectivity index (χ0v) is 11.6. The second-order valence-electron chi connectivity index (χ2n) is 4.11. The van der Waals surface area contributed by atoms with Crippen LogP contribution in [-0.4, -0.2) is 4.98 Å². The average molecular weight is 287 g/mol. The highest BCUT2D eigenvalue weighted by atomic mass is 35.5. The summed E-state index contributed by atoms with van der Waals surface area (Å²) in [6.45, 7) is 0. The number of hydrogen-bond acceptors (Lipinski definition) is 3. The van der Waals surface area contributed by atoms with Crippen LogP contribution in [0.1, 0.15) is 0 Å². The second kappa shape index (κ2) is 5.03. The number of nitrogens with zero attached hydrogens (tertiary/aromatic N) is 1. The van der Waals surface area contributed by atoms with Crippen molar-refractivity contribution < 1.29 is 0 Å². The lowest BCUT2D eigenvalue weighted by Gasteiger charge is -2.03. The van der Waals surface area contributed by atoms with Gasteiger partial charge in [0.05, 0.1) is 10.6 Å². The fraction of sp³-hybridized carbons (Fsp3) is 0. The van der Waals surface area contributed by atoms with Crippen LogP contribution in [0.5, 0.6) is 0 Å². The molecule has 0 aliphatic heterocycles. The van der Waals surface area contributed by atoms with E-state index in [2.05, 4.69) is 17.1 Å². The summed E-state index contributed by atoms with van der Waals surface area (Å²) in [4.78, 5) is 5.51. The maximum absolute atomic E-state index is 6.04. The molecule has 3 rings (SSSR count). The predicted molar refractivity (Wildman–Crippen MR) is 82.4 cm³/mol. The second-order valence-corrected chi connectivity index (χ2v) is 5.57. The molecule has 2 aromatic carbocycles. The third-order valence-corrected chi connectivity index (χ3v) is 3.95. The summed E-state index contributed by atoms with van der Waals surface area (Å²) in [5, 5.41) is 1.26. The Bertz CT molecular complexity index is 707. The largest absolute Gasteiger partial charge is 0.375 e. The highest BCUT2D eigenvalue weighted by Gasteiger charge is 2.13. The topological polar surface area (TPSA) is 38.9 Å². The van der Waals surface area contributed by atoms with E-state index >= 15 is 0 Å². The van der Waals surface area contributed by atoms with Crippen molar-refractivity contribution in [2.45, 2.75) is 0 Å². The van der Waals surface area contributed by atoms with Gasteiger partial charge in [0.15, 0.2) is 5.13 Å². The molecule has 0 bridgehead atoms. The van der Waals surface area contributed by atoms with Crippen molar-refractivity contribution in [1.29, 1.82) is 0 Å². The van der Waals surface area contributed by atoms with E-state index < -0.39 is 0 Å². The number of benzene rings is 2. The smallest absolute Gasteiger partial charge is 0.181 e. The Labute approximate surface area is 120 Å². The molecule has 0 fully saturated rings. The third kappa shape index (κ3) is 2.48. The molecule has 0 radical (unpaired) electrons. The van der Waals surface area contributed by atoms with Gasteiger partial charge in [0.25, 0.3) is 0 Å². The van der Waals surface area contributed by atoms with Crippen LogP contribution in [0.3, 0.4) is 0 Å². The molecule has 94 valence electrons. The maximum Gasteiger partial charge on any atom is 0.181 e. The molecular weight excluding hydrogens is 276 g/mol. The number of thiazole rings is 1. The standard InChI is InChI=1S/C15H11ClN2S/c16-12-8-4-7-11(9-12)13-14(19-15(17)18-13)10-5-2-1-3-6-10/h1-9H,(H2,17,18). The molecule has 1 heterocycles. The van der Waals surface area contributed by atoms with Crippen molar-refractivity contribution in [3.05, 3.63) is 59.6 Å². The molecule has 4 heteroatoms. The normalized spacial score (nSPS) is 10.6. The fourth-order valence-electron chi connectivity index (χ4n) is 1.95. The van der Waals surface area contributed by atoms with E-state index in [-0.39, 0.29) is 0 Å². The molecule has 0 saturated carbocycles. The van der Waals surface area contributed by atoms with Crippen molar-refractivity contribution >= 4 is 28.1 Å². The Kier molecular flexibility index (Phi) is 3.23. The van der Waals surface area contributed by atoms with Gasteiger partial charge in [0.2, 0.25) is 0 Å². The average Bonchev–Trinajstić information content (AvgIpc) is 2.82. The van der Waals surface area contributed by atoms with E-state index in [1.54, 1.807) is 0 Å². The SMILES string of the molecule is Nc1nc(-c2cccc(Cl)c2)c(-c2ccccc2)s1. The van der Waals surface area contributed by atoms with E-state index in [1.807, 2.05) is 42.5 Å². The van der Waals surface area contributed by atoms with Gasteiger partial charge in [0, 0.05) is 10.6 Å². The van der Waals surface area contributed by atoms with Crippen molar-refractivity contribution in [2.24, 2.45) is 0 Å². The molecule has 3 aromatic rings. The molecule has 0 spiro atoms. The Morgan fingerprint density at radius 3 is 2.42 bits per heavy atom. The summed E-state index contributed by atoms with van der Waals surface area (Å²) in [6.07, 6.45) is 0. The summed E-state index contributed by atoms with van der Waals surface area (Å²) in [5.41, 5.74) is 8.85. The Balaban J connectivity index is 2.18. The van der Waals surface area contributed by atoms with Gasteiger partial charge in [-0.15, -0.1) is 0 Å². The van der Waals surface area contributed by atoms with Crippen LogP contribution < -0.4 is 5.73 Å². The van der Waals surface area contributed by atoms with Crippen LogP contribution in [-0.2, 0) is 0 Å². The molecule has 0 amide bonds. The minimum atomic E-state index is 0.564. The zero-order chi connectivity index (χ0) is 13.2. The molecule has 0 aliphatic carbocycles. The number of rotatable bonds is 2. The summed E-state index contributed by atoms with van der Waals surface area (Å²) in [6, 6.07) is 17.8. The Morgan fingerprint density at radius 1 is 0.947 bits per heavy atom. The van der Waals surface area contributed by atoms with Crippen molar-refractivity contribution in [3.8, 4) is 21.7 Å². The lowest BCUT2D eigenvalue weighted by Crippen LogP contribution is -1.84. The molecule has 2 nitrogen and oxygen atoms in total. The van der Waals surface area contributed by atoms with Gasteiger partial charge >= 0.3 is 0 Å². The van der Waals surface area contributed by atoms with Crippen LogP contribution in [0.4, 0.5) is 5.13 Å². The third-order valence-electron chi connectivity index (χ3n) is 2.78. The molecule has 0 unspecified atom stereocenters. The first-order chi connectivity index (χ1) is 9.24. The summed E-state index contributed by atoms with van der Waals surface area (Å²) in [5.74, 6) is 0. The van der Waals surface area contributed by atoms with Crippen LogP contribution in [0.25, 0.3) is 21.7 Å². The number of anilines is 1. The van der Waals surface area contributed by atoms with Crippen LogP contribution in [0.2, 0.25) is 5.02 Å². The maximum atomic E-state index is 6.04. The summed E-state index contributed by atoms with van der Waals surface area (Å²) >= 11 is 7.54. The summed E-state index contributed by atoms with van der Waals surface area (Å²) in [7, 11) is 0. The number of halogens is 1. The van der Waals surface area contributed by atoms with Gasteiger partial charge in [-0.05, 0) is 17.7 Å². The van der Waals surface area contributed by atoms with Gasteiger partial charge in [-0.1, -0.05) is 65.4 Å². The number of hydrogen-bond donors (Lipinski definition) is 1. The minimum absolute atomic E-state index is 0.564. The lowest BCUT2D eigenvalue weighted by molar-refractivity contribution is 1.41. The molecule has 0 aliphatic rings. The fourth-order valence-corrected chi connectivity index (χ4v) is 3.00. The van der Waals surface area contributed by atoms with Crippen LogP contribution in [0.15, 0.2) is 54.6 Å². The van der Waals surface area contributed by atoms with Gasteiger partial charge < -0.3 is 5.73 Å². The van der Waals surface area contributed by atoms with E-state index in [1.165, 1.54) is 11.3 Å². The first kappa shape index (κ1) is 12.2. The Morgan fingerprint density at radius 2 is 1.68 bits per heavy atom. The van der Waals surface area contributed by atoms with Crippen molar-refractivity contribution in [3.63, 3.8) is 0 Å². The van der Waals surface area contributed by atoms with Gasteiger partial charge in [0.1, 0.15) is 0 Å². The molecule has 1 aromatic heterocycles. The van der Waals surface area contributed by atoms with Crippen LogP contribution >= 0.6 is 22.9 Å². The van der Waals surface area contributed by atoms with E-state index in [4.69, 9.17) is 17.3 Å². The molecule has 0 saturated heterocycles. The van der Waals surface area contributed by atoms with Crippen LogP contribution in [0, 0.1) is 0 Å². The predicted octanol–water partition coefficient (Wildman–Crippen LogP) is 4.71. The number of nitrogen functional groups attached to an aromatic ring is 1. The van der Waals surface area contributed by atoms with Gasteiger partial charge in [-0.3, -0.25) is 0 Å². The van der Waals surface area contributed by atoms with Crippen molar-refractivity contribution in [1.82, 2.24) is 4.98 Å². The first-order valence-electron chi connectivity index (χ1n) is 5.82. The minimum Gasteiger partial charge on any atom is -0.375 e.